The zero-order chi connectivity index (χ0) is 21.5. The van der Waals surface area contributed by atoms with Crippen LogP contribution in [0.2, 0.25) is 0 Å². The minimum atomic E-state index is -0.106. The number of nitrogens with one attached hydrogen (secondary N) is 1. The fourth-order valence-electron chi connectivity index (χ4n) is 4.59. The van der Waals surface area contributed by atoms with Crippen LogP contribution in [-0.2, 0) is 16.1 Å². The van der Waals surface area contributed by atoms with Crippen molar-refractivity contribution < 1.29 is 14.3 Å². The predicted octanol–water partition coefficient (Wildman–Crippen LogP) is 2.23. The Labute approximate surface area is 182 Å². The van der Waals surface area contributed by atoms with Crippen LogP contribution >= 0.6 is 0 Å². The van der Waals surface area contributed by atoms with Gasteiger partial charge in [-0.2, -0.15) is 0 Å². The Kier molecular flexibility index (Phi) is 7.30. The lowest BCUT2D eigenvalue weighted by atomic mass is 9.84. The van der Waals surface area contributed by atoms with Gasteiger partial charge in [0.15, 0.2) is 5.69 Å². The van der Waals surface area contributed by atoms with E-state index in [9.17, 15) is 9.59 Å². The number of nitrogens with zero attached hydrogens (tertiary/aromatic N) is 4. The normalized spacial score (nSPS) is 18.1. The largest absolute Gasteiger partial charge is 0.378 e. The van der Waals surface area contributed by atoms with Crippen molar-refractivity contribution in [2.45, 2.75) is 44.6 Å². The Morgan fingerprint density at radius 3 is 2.61 bits per heavy atom. The van der Waals surface area contributed by atoms with E-state index in [0.717, 1.165) is 24.8 Å². The minimum Gasteiger partial charge on any atom is -0.378 e. The molecule has 1 atom stereocenters. The van der Waals surface area contributed by atoms with E-state index in [2.05, 4.69) is 27.8 Å². The van der Waals surface area contributed by atoms with E-state index in [-0.39, 0.29) is 17.7 Å². The van der Waals surface area contributed by atoms with Crippen LogP contribution in [0.15, 0.2) is 36.5 Å². The molecule has 2 heterocycles. The zero-order valence-electron chi connectivity index (χ0n) is 17.9. The number of aryl methyl sites for hydroxylation is 1. The predicted molar refractivity (Wildman–Crippen MR) is 116 cm³/mol. The highest BCUT2D eigenvalue weighted by Crippen LogP contribution is 2.37. The summed E-state index contributed by atoms with van der Waals surface area (Å²) in [6.45, 7) is 3.46. The van der Waals surface area contributed by atoms with Gasteiger partial charge in [0.25, 0.3) is 5.91 Å². The van der Waals surface area contributed by atoms with Crippen molar-refractivity contribution in [1.82, 2.24) is 25.2 Å². The molecule has 1 saturated heterocycles. The zero-order valence-corrected chi connectivity index (χ0v) is 17.9. The van der Waals surface area contributed by atoms with Gasteiger partial charge in [0.05, 0.1) is 25.3 Å². The average Bonchev–Trinajstić information content (AvgIpc) is 3.50. The van der Waals surface area contributed by atoms with Gasteiger partial charge in [0, 0.05) is 26.2 Å². The monoisotopic (exact) mass is 425 g/mol. The number of ether oxygens (including phenoxy) is 1. The maximum absolute atomic E-state index is 13.0. The number of carbonyl (C=O) groups excluding carboxylic acids is 2. The van der Waals surface area contributed by atoms with Crippen molar-refractivity contribution >= 4 is 11.8 Å². The van der Waals surface area contributed by atoms with Crippen molar-refractivity contribution in [3.8, 4) is 0 Å². The summed E-state index contributed by atoms with van der Waals surface area (Å²) in [5.74, 6) is 0.351. The van der Waals surface area contributed by atoms with Gasteiger partial charge in [0.2, 0.25) is 5.91 Å². The van der Waals surface area contributed by atoms with Crippen LogP contribution in [0.3, 0.4) is 0 Å². The Morgan fingerprint density at radius 1 is 1.13 bits per heavy atom. The Morgan fingerprint density at radius 2 is 1.87 bits per heavy atom. The lowest BCUT2D eigenvalue weighted by molar-refractivity contribution is -0.123. The first kappa shape index (κ1) is 21.5. The molecule has 1 aromatic heterocycles. The molecule has 1 aliphatic carbocycles. The topological polar surface area (TPSA) is 89.4 Å². The number of amides is 2. The summed E-state index contributed by atoms with van der Waals surface area (Å²) in [7, 11) is 0. The molecule has 8 heteroatoms. The van der Waals surface area contributed by atoms with Crippen LogP contribution in [0.4, 0.5) is 0 Å². The van der Waals surface area contributed by atoms with E-state index in [1.165, 1.54) is 12.8 Å². The number of morpholine rings is 1. The number of hydrogen-bond donors (Lipinski definition) is 1. The van der Waals surface area contributed by atoms with E-state index in [1.807, 2.05) is 18.2 Å². The van der Waals surface area contributed by atoms with Crippen molar-refractivity contribution in [2.75, 3.05) is 32.8 Å². The third-order valence-electron chi connectivity index (χ3n) is 6.23. The number of aromatic nitrogens is 3. The molecule has 166 valence electrons. The number of hydrogen-bond acceptors (Lipinski definition) is 5. The van der Waals surface area contributed by atoms with E-state index in [0.29, 0.717) is 51.0 Å². The lowest BCUT2D eigenvalue weighted by Gasteiger charge is -2.25. The van der Waals surface area contributed by atoms with Crippen molar-refractivity contribution in [1.29, 1.82) is 0 Å². The molecule has 1 saturated carbocycles. The SMILES string of the molecule is O=C(NCCCn1cc(C(=O)N2CCOCC2)nn1)[C@H](c1ccccc1)C1CCCC1. The molecule has 31 heavy (non-hydrogen) atoms. The van der Waals surface area contributed by atoms with E-state index < -0.39 is 0 Å². The summed E-state index contributed by atoms with van der Waals surface area (Å²) in [5.41, 5.74) is 1.46. The number of rotatable bonds is 8. The van der Waals surface area contributed by atoms with E-state index in [4.69, 9.17) is 4.74 Å². The molecule has 1 N–H and O–H groups in total. The van der Waals surface area contributed by atoms with Gasteiger partial charge >= 0.3 is 0 Å². The standard InChI is InChI=1S/C23H31N5O3/c29-22(21(19-9-4-5-10-19)18-7-2-1-3-8-18)24-11-6-12-28-17-20(25-26-28)23(30)27-13-15-31-16-14-27/h1-3,7-8,17,19,21H,4-6,9-16H2,(H,24,29)/t21-/m1/s1. The van der Waals surface area contributed by atoms with Crippen LogP contribution in [0, 0.1) is 5.92 Å². The molecular formula is C23H31N5O3. The highest BCUT2D eigenvalue weighted by Gasteiger charge is 2.31. The quantitative estimate of drug-likeness (QED) is 0.655. The molecule has 1 aromatic carbocycles. The minimum absolute atomic E-state index is 0.0761. The molecule has 2 amide bonds. The van der Waals surface area contributed by atoms with Crippen LogP contribution in [-0.4, -0.2) is 64.6 Å². The van der Waals surface area contributed by atoms with Crippen LogP contribution < -0.4 is 5.32 Å². The Bertz CT molecular complexity index is 857. The van der Waals surface area contributed by atoms with Crippen LogP contribution in [0.25, 0.3) is 0 Å². The first-order valence-electron chi connectivity index (χ1n) is 11.3. The Balaban J connectivity index is 1.26. The lowest BCUT2D eigenvalue weighted by Crippen LogP contribution is -2.40. The maximum atomic E-state index is 13.0. The first-order valence-corrected chi connectivity index (χ1v) is 11.3. The molecule has 0 unspecified atom stereocenters. The molecule has 0 radical (unpaired) electrons. The molecule has 1 aliphatic heterocycles. The highest BCUT2D eigenvalue weighted by atomic mass is 16.5. The van der Waals surface area contributed by atoms with Crippen LogP contribution in [0.5, 0.6) is 0 Å². The second kappa shape index (κ2) is 10.5. The van der Waals surface area contributed by atoms with Gasteiger partial charge in [-0.15, -0.1) is 5.10 Å². The summed E-state index contributed by atoms with van der Waals surface area (Å²) in [4.78, 5) is 27.2. The van der Waals surface area contributed by atoms with Gasteiger partial charge in [-0.05, 0) is 30.7 Å². The molecule has 2 aromatic rings. The molecule has 4 rings (SSSR count). The molecule has 2 fully saturated rings. The second-order valence-electron chi connectivity index (χ2n) is 8.35. The molecule has 0 bridgehead atoms. The van der Waals surface area contributed by atoms with Gasteiger partial charge in [-0.1, -0.05) is 48.4 Å². The molecular weight excluding hydrogens is 394 g/mol. The fourth-order valence-corrected chi connectivity index (χ4v) is 4.59. The summed E-state index contributed by atoms with van der Waals surface area (Å²) in [6, 6.07) is 10.1. The fraction of sp³-hybridized carbons (Fsp3) is 0.565. The van der Waals surface area contributed by atoms with Gasteiger partial charge in [-0.25, -0.2) is 0 Å². The maximum Gasteiger partial charge on any atom is 0.276 e. The van der Waals surface area contributed by atoms with Gasteiger partial charge in [0.1, 0.15) is 0 Å². The van der Waals surface area contributed by atoms with E-state index in [1.54, 1.807) is 15.8 Å². The Hall–Kier alpha value is -2.74. The first-order chi connectivity index (χ1) is 15.2. The average molecular weight is 426 g/mol. The summed E-state index contributed by atoms with van der Waals surface area (Å²) in [5, 5.41) is 11.2. The molecule has 2 aliphatic rings. The summed E-state index contributed by atoms with van der Waals surface area (Å²) >= 11 is 0. The van der Waals surface area contributed by atoms with E-state index >= 15 is 0 Å². The van der Waals surface area contributed by atoms with Gasteiger partial charge < -0.3 is 15.0 Å². The van der Waals surface area contributed by atoms with Gasteiger partial charge in [-0.3, -0.25) is 14.3 Å². The highest BCUT2D eigenvalue weighted by molar-refractivity contribution is 5.92. The van der Waals surface area contributed by atoms with Crippen molar-refractivity contribution in [2.24, 2.45) is 5.92 Å². The summed E-state index contributed by atoms with van der Waals surface area (Å²) in [6.07, 6.45) is 7.06. The number of benzene rings is 1. The third kappa shape index (κ3) is 5.50. The summed E-state index contributed by atoms with van der Waals surface area (Å²) < 4.78 is 6.96. The third-order valence-corrected chi connectivity index (χ3v) is 6.23. The van der Waals surface area contributed by atoms with Crippen molar-refractivity contribution in [3.05, 3.63) is 47.8 Å². The van der Waals surface area contributed by atoms with Crippen LogP contribution in [0.1, 0.15) is 54.1 Å². The molecule has 0 spiro atoms. The molecule has 8 nitrogen and oxygen atoms in total. The smallest absolute Gasteiger partial charge is 0.276 e. The second-order valence-corrected chi connectivity index (χ2v) is 8.35. The number of carbonyl (C=O) groups is 2. The van der Waals surface area contributed by atoms with Crippen molar-refractivity contribution in [3.63, 3.8) is 0 Å².